The predicted octanol–water partition coefficient (Wildman–Crippen LogP) is 1.99. The molecule has 0 aromatic rings. The van der Waals surface area contributed by atoms with E-state index in [1.165, 1.54) is 12.7 Å². The van der Waals surface area contributed by atoms with Crippen molar-refractivity contribution in [3.63, 3.8) is 0 Å². The lowest BCUT2D eigenvalue weighted by atomic mass is 9.88. The maximum absolute atomic E-state index is 12.6. The first-order chi connectivity index (χ1) is 8.88. The Bertz CT molecular complexity index is 422. The highest BCUT2D eigenvalue weighted by Gasteiger charge is 2.39. The molecule has 0 spiro atoms. The van der Waals surface area contributed by atoms with Crippen molar-refractivity contribution in [3.05, 3.63) is 0 Å². The first kappa shape index (κ1) is 14.8. The minimum absolute atomic E-state index is 0.0853. The summed E-state index contributed by atoms with van der Waals surface area (Å²) < 4.78 is 22.9. The van der Waals surface area contributed by atoms with E-state index in [4.69, 9.17) is 0 Å². The quantitative estimate of drug-likeness (QED) is 0.777. The zero-order valence-electron chi connectivity index (χ0n) is 12.0. The number of carbonyl (C=O) groups is 1. The van der Waals surface area contributed by atoms with Gasteiger partial charge in [-0.1, -0.05) is 19.3 Å². The fraction of sp³-hybridized carbons (Fsp3) is 0.929. The van der Waals surface area contributed by atoms with E-state index in [1.54, 1.807) is 0 Å². The summed E-state index contributed by atoms with van der Waals surface area (Å²) in [4.78, 5) is 14.5. The van der Waals surface area contributed by atoms with Gasteiger partial charge in [-0.2, -0.15) is 0 Å². The van der Waals surface area contributed by atoms with Crippen LogP contribution in [0.25, 0.3) is 0 Å². The van der Waals surface area contributed by atoms with Gasteiger partial charge in [0.05, 0.1) is 5.75 Å². The van der Waals surface area contributed by atoms with Crippen molar-refractivity contribution >= 4 is 15.7 Å². The van der Waals surface area contributed by atoms with Gasteiger partial charge in [-0.15, -0.1) is 0 Å². The average molecular weight is 287 g/mol. The summed E-state index contributed by atoms with van der Waals surface area (Å²) in [5.41, 5.74) is 0. The summed E-state index contributed by atoms with van der Waals surface area (Å²) in [5.74, 6) is 0.428. The number of hydrogen-bond acceptors (Lipinski definition) is 3. The van der Waals surface area contributed by atoms with Gasteiger partial charge in [0.25, 0.3) is 0 Å². The summed E-state index contributed by atoms with van der Waals surface area (Å²) in [5, 5.41) is 0. The molecule has 2 fully saturated rings. The highest BCUT2D eigenvalue weighted by atomic mass is 32.2. The molecule has 0 radical (unpaired) electrons. The van der Waals surface area contributed by atoms with Crippen LogP contribution >= 0.6 is 0 Å². The van der Waals surface area contributed by atoms with E-state index in [1.807, 2.05) is 11.8 Å². The first-order valence-electron chi connectivity index (χ1n) is 7.38. The molecule has 0 N–H and O–H groups in total. The van der Waals surface area contributed by atoms with Crippen LogP contribution in [-0.4, -0.2) is 43.3 Å². The normalized spacial score (nSPS) is 23.1. The number of hydrogen-bond donors (Lipinski definition) is 0. The second kappa shape index (κ2) is 5.81. The molecule has 0 aromatic carbocycles. The third kappa shape index (κ3) is 4.20. The van der Waals surface area contributed by atoms with E-state index in [-0.39, 0.29) is 23.6 Å². The molecule has 2 saturated carbocycles. The fourth-order valence-electron chi connectivity index (χ4n) is 3.19. The second-order valence-electron chi connectivity index (χ2n) is 6.25. The van der Waals surface area contributed by atoms with E-state index < -0.39 is 9.84 Å². The molecule has 0 heterocycles. The van der Waals surface area contributed by atoms with E-state index in [0.29, 0.717) is 6.04 Å². The zero-order chi connectivity index (χ0) is 14.0. The number of carbonyl (C=O) groups excluding carboxylic acids is 1. The van der Waals surface area contributed by atoms with Crippen molar-refractivity contribution in [2.45, 2.75) is 64.0 Å². The minimum atomic E-state index is -3.03. The van der Waals surface area contributed by atoms with Crippen LogP contribution in [0.15, 0.2) is 0 Å². The van der Waals surface area contributed by atoms with E-state index in [9.17, 15) is 13.2 Å². The summed E-state index contributed by atoms with van der Waals surface area (Å²) in [6.45, 7) is 1.88. The van der Waals surface area contributed by atoms with Crippen LogP contribution in [-0.2, 0) is 14.6 Å². The number of amides is 1. The van der Waals surface area contributed by atoms with Crippen molar-refractivity contribution in [1.82, 2.24) is 4.90 Å². The molecule has 1 atom stereocenters. The molecule has 110 valence electrons. The Morgan fingerprint density at radius 2 is 1.74 bits per heavy atom. The molecular formula is C14H25NO3S. The van der Waals surface area contributed by atoms with Crippen molar-refractivity contribution < 1.29 is 13.2 Å². The molecule has 19 heavy (non-hydrogen) atoms. The average Bonchev–Trinajstić information content (AvgIpc) is 3.12. The van der Waals surface area contributed by atoms with Gasteiger partial charge in [-0.05, 0) is 32.6 Å². The lowest BCUT2D eigenvalue weighted by molar-refractivity contribution is -0.138. The van der Waals surface area contributed by atoms with Crippen molar-refractivity contribution in [2.24, 2.45) is 5.92 Å². The molecule has 0 aromatic heterocycles. The van der Waals surface area contributed by atoms with Gasteiger partial charge in [0.2, 0.25) is 5.91 Å². The van der Waals surface area contributed by atoms with Crippen LogP contribution in [0.2, 0.25) is 0 Å². The molecule has 2 aliphatic carbocycles. The zero-order valence-corrected chi connectivity index (χ0v) is 12.8. The Labute approximate surface area is 116 Å². The van der Waals surface area contributed by atoms with Gasteiger partial charge >= 0.3 is 0 Å². The molecule has 0 saturated heterocycles. The van der Waals surface area contributed by atoms with E-state index >= 15 is 0 Å². The monoisotopic (exact) mass is 287 g/mol. The van der Waals surface area contributed by atoms with E-state index in [0.717, 1.165) is 38.5 Å². The smallest absolute Gasteiger partial charge is 0.226 e. The van der Waals surface area contributed by atoms with Gasteiger partial charge in [-0.25, -0.2) is 8.42 Å². The summed E-state index contributed by atoms with van der Waals surface area (Å²) in [6, 6.07) is 0.114. The van der Waals surface area contributed by atoms with Gasteiger partial charge < -0.3 is 4.90 Å². The Morgan fingerprint density at radius 3 is 2.21 bits per heavy atom. The Kier molecular flexibility index (Phi) is 4.54. The summed E-state index contributed by atoms with van der Waals surface area (Å²) >= 11 is 0. The first-order valence-corrected chi connectivity index (χ1v) is 9.44. The highest BCUT2D eigenvalue weighted by molar-refractivity contribution is 7.90. The van der Waals surface area contributed by atoms with E-state index in [2.05, 4.69) is 0 Å². The standard InChI is InChI=1S/C14H25NO3S/c1-11(10-19(2,17)18)15(13-8-9-13)14(16)12-6-4-3-5-7-12/h11-13H,3-10H2,1-2H3/t11-/m0/s1. The van der Waals surface area contributed by atoms with Crippen LogP contribution in [0.3, 0.4) is 0 Å². The third-order valence-electron chi connectivity index (χ3n) is 4.17. The largest absolute Gasteiger partial charge is 0.336 e. The lowest BCUT2D eigenvalue weighted by Gasteiger charge is -2.33. The fourth-order valence-corrected chi connectivity index (χ4v) is 4.23. The summed E-state index contributed by atoms with van der Waals surface area (Å²) in [6.07, 6.45) is 8.77. The van der Waals surface area contributed by atoms with Crippen molar-refractivity contribution in [2.75, 3.05) is 12.0 Å². The molecule has 5 heteroatoms. The molecule has 2 rings (SSSR count). The second-order valence-corrected chi connectivity index (χ2v) is 8.44. The maximum atomic E-state index is 12.6. The van der Waals surface area contributed by atoms with Gasteiger partial charge in [-0.3, -0.25) is 4.79 Å². The Hall–Kier alpha value is -0.580. The molecule has 0 bridgehead atoms. The maximum Gasteiger partial charge on any atom is 0.226 e. The molecule has 4 nitrogen and oxygen atoms in total. The van der Waals surface area contributed by atoms with Crippen LogP contribution in [0.1, 0.15) is 51.9 Å². The SMILES string of the molecule is C[C@@H](CS(C)(=O)=O)N(C(=O)C1CCCCC1)C1CC1. The van der Waals surface area contributed by atoms with Crippen LogP contribution in [0.4, 0.5) is 0 Å². The van der Waals surface area contributed by atoms with Gasteiger partial charge in [0.1, 0.15) is 9.84 Å². The molecule has 1 amide bonds. The number of rotatable bonds is 5. The van der Waals surface area contributed by atoms with Crippen LogP contribution in [0, 0.1) is 5.92 Å². The van der Waals surface area contributed by atoms with Crippen LogP contribution < -0.4 is 0 Å². The summed E-state index contributed by atoms with van der Waals surface area (Å²) in [7, 11) is -3.03. The van der Waals surface area contributed by atoms with Crippen molar-refractivity contribution in [3.8, 4) is 0 Å². The highest BCUT2D eigenvalue weighted by Crippen LogP contribution is 2.33. The number of nitrogens with zero attached hydrogens (tertiary/aromatic N) is 1. The molecular weight excluding hydrogens is 262 g/mol. The number of sulfone groups is 1. The molecule has 0 aliphatic heterocycles. The topological polar surface area (TPSA) is 54.5 Å². The lowest BCUT2D eigenvalue weighted by Crippen LogP contribution is -2.46. The van der Waals surface area contributed by atoms with Gasteiger partial charge in [0.15, 0.2) is 0 Å². The van der Waals surface area contributed by atoms with Gasteiger partial charge in [0, 0.05) is 24.3 Å². The molecule has 2 aliphatic rings. The van der Waals surface area contributed by atoms with Crippen LogP contribution in [0.5, 0.6) is 0 Å². The predicted molar refractivity (Wildman–Crippen MR) is 75.6 cm³/mol. The Balaban J connectivity index is 2.04. The Morgan fingerprint density at radius 1 is 1.16 bits per heavy atom. The third-order valence-corrected chi connectivity index (χ3v) is 5.26. The molecule has 0 unspecified atom stereocenters. The van der Waals surface area contributed by atoms with Crippen molar-refractivity contribution in [1.29, 1.82) is 0 Å². The minimum Gasteiger partial charge on any atom is -0.336 e.